The van der Waals surface area contributed by atoms with Gasteiger partial charge in [0.15, 0.2) is 0 Å². The molecule has 108 valence electrons. The molecular formula is C16H15F2N3. The zero-order valence-electron chi connectivity index (χ0n) is 11.4. The van der Waals surface area contributed by atoms with Crippen LogP contribution in [-0.2, 0) is 0 Å². The van der Waals surface area contributed by atoms with Crippen LogP contribution in [0.15, 0.2) is 30.6 Å². The minimum Gasteiger partial charge on any atom is -0.311 e. The van der Waals surface area contributed by atoms with Gasteiger partial charge in [-0.2, -0.15) is 8.78 Å². The van der Waals surface area contributed by atoms with Crippen LogP contribution in [-0.4, -0.2) is 22.1 Å². The highest BCUT2D eigenvalue weighted by molar-refractivity contribution is 5.62. The van der Waals surface area contributed by atoms with Crippen LogP contribution in [0.4, 0.5) is 8.78 Å². The van der Waals surface area contributed by atoms with Crippen LogP contribution in [0.2, 0.25) is 0 Å². The maximum atomic E-state index is 14.0. The Morgan fingerprint density at radius 2 is 2.00 bits per heavy atom. The maximum absolute atomic E-state index is 14.0. The van der Waals surface area contributed by atoms with Gasteiger partial charge in [-0.25, -0.2) is 9.97 Å². The molecule has 0 spiro atoms. The van der Waals surface area contributed by atoms with Gasteiger partial charge in [-0.1, -0.05) is 0 Å². The van der Waals surface area contributed by atoms with E-state index in [2.05, 4.69) is 15.3 Å². The lowest BCUT2D eigenvalue weighted by atomic mass is 9.84. The van der Waals surface area contributed by atoms with Crippen molar-refractivity contribution in [3.8, 4) is 11.1 Å². The minimum absolute atomic E-state index is 0.391. The van der Waals surface area contributed by atoms with Crippen LogP contribution in [0.1, 0.15) is 30.7 Å². The highest BCUT2D eigenvalue weighted by Crippen LogP contribution is 2.40. The molecule has 0 aromatic carbocycles. The summed E-state index contributed by atoms with van der Waals surface area (Å²) in [5.74, 6) is -0.715. The molecule has 4 rings (SSSR count). The van der Waals surface area contributed by atoms with Crippen molar-refractivity contribution in [1.82, 2.24) is 15.3 Å². The van der Waals surface area contributed by atoms with E-state index in [1.807, 2.05) is 6.07 Å². The first-order valence-corrected chi connectivity index (χ1v) is 7.24. The number of hydrogen-bond donors (Lipinski definition) is 1. The Bertz CT molecular complexity index is 672. The van der Waals surface area contributed by atoms with Gasteiger partial charge in [0.1, 0.15) is 0 Å². The van der Waals surface area contributed by atoms with Gasteiger partial charge in [-0.15, -0.1) is 0 Å². The molecule has 21 heavy (non-hydrogen) atoms. The number of halogens is 2. The molecule has 4 heterocycles. The van der Waals surface area contributed by atoms with Crippen molar-refractivity contribution < 1.29 is 8.78 Å². The van der Waals surface area contributed by atoms with E-state index in [9.17, 15) is 8.78 Å². The van der Waals surface area contributed by atoms with E-state index in [4.69, 9.17) is 0 Å². The molecule has 2 fully saturated rings. The zero-order valence-corrected chi connectivity index (χ0v) is 11.4. The topological polar surface area (TPSA) is 37.8 Å². The van der Waals surface area contributed by atoms with Crippen LogP contribution >= 0.6 is 0 Å². The SMILES string of the molecule is Fc1ccc(-c2cc(C3CC4CCC3N4)cnc2F)cn1. The van der Waals surface area contributed by atoms with E-state index in [1.165, 1.54) is 31.2 Å². The Hall–Kier alpha value is -1.88. The molecule has 0 amide bonds. The van der Waals surface area contributed by atoms with E-state index in [-0.39, 0.29) is 0 Å². The third-order valence-corrected chi connectivity index (χ3v) is 4.63. The van der Waals surface area contributed by atoms with E-state index in [0.717, 1.165) is 12.0 Å². The number of nitrogens with one attached hydrogen (secondary N) is 1. The first kappa shape index (κ1) is 12.8. The Balaban J connectivity index is 1.71. The molecule has 2 aromatic rings. The molecular weight excluding hydrogens is 272 g/mol. The highest BCUT2D eigenvalue weighted by atomic mass is 19.1. The van der Waals surface area contributed by atoms with Gasteiger partial charge in [0.2, 0.25) is 11.9 Å². The Morgan fingerprint density at radius 1 is 1.10 bits per heavy atom. The van der Waals surface area contributed by atoms with Gasteiger partial charge >= 0.3 is 0 Å². The standard InChI is InChI=1S/C16H15F2N3/c17-15-4-1-9(7-19-15)13-5-10(8-20-16(13)18)12-6-11-2-3-14(12)21-11/h1,4-5,7-8,11-12,14,21H,2-3,6H2. The van der Waals surface area contributed by atoms with E-state index < -0.39 is 11.9 Å². The highest BCUT2D eigenvalue weighted by Gasteiger charge is 2.39. The van der Waals surface area contributed by atoms with Gasteiger partial charge in [-0.3, -0.25) is 0 Å². The lowest BCUT2D eigenvalue weighted by Crippen LogP contribution is -2.21. The first-order valence-electron chi connectivity index (χ1n) is 7.24. The fourth-order valence-electron chi connectivity index (χ4n) is 3.60. The molecule has 0 radical (unpaired) electrons. The second-order valence-corrected chi connectivity index (χ2v) is 5.87. The third kappa shape index (κ3) is 2.21. The quantitative estimate of drug-likeness (QED) is 0.863. The van der Waals surface area contributed by atoms with Gasteiger partial charge < -0.3 is 5.32 Å². The second-order valence-electron chi connectivity index (χ2n) is 5.87. The fraction of sp³-hybridized carbons (Fsp3) is 0.375. The predicted molar refractivity (Wildman–Crippen MR) is 74.7 cm³/mol. The molecule has 2 bridgehead atoms. The fourth-order valence-corrected chi connectivity index (χ4v) is 3.60. The van der Waals surface area contributed by atoms with E-state index in [1.54, 1.807) is 6.20 Å². The number of rotatable bonds is 2. The summed E-state index contributed by atoms with van der Waals surface area (Å²) in [6.07, 6.45) is 6.45. The van der Waals surface area contributed by atoms with Crippen molar-refractivity contribution in [2.75, 3.05) is 0 Å². The van der Waals surface area contributed by atoms with E-state index >= 15 is 0 Å². The van der Waals surface area contributed by atoms with Crippen LogP contribution in [0, 0.1) is 11.9 Å². The zero-order chi connectivity index (χ0) is 14.4. The molecule has 3 unspecified atom stereocenters. The van der Waals surface area contributed by atoms with Crippen molar-refractivity contribution >= 4 is 0 Å². The summed E-state index contributed by atoms with van der Waals surface area (Å²) < 4.78 is 26.9. The lowest BCUT2D eigenvalue weighted by molar-refractivity contribution is 0.502. The summed E-state index contributed by atoms with van der Waals surface area (Å²) in [7, 11) is 0. The number of nitrogens with zero attached hydrogens (tertiary/aromatic N) is 2. The summed E-state index contributed by atoms with van der Waals surface area (Å²) in [5.41, 5.74) is 2.00. The lowest BCUT2D eigenvalue weighted by Gasteiger charge is -2.20. The van der Waals surface area contributed by atoms with Crippen LogP contribution in [0.25, 0.3) is 11.1 Å². The van der Waals surface area contributed by atoms with Gasteiger partial charge in [0, 0.05) is 41.5 Å². The summed E-state index contributed by atoms with van der Waals surface area (Å²) in [6.45, 7) is 0. The van der Waals surface area contributed by atoms with Crippen molar-refractivity contribution in [3.63, 3.8) is 0 Å². The van der Waals surface area contributed by atoms with E-state index in [0.29, 0.717) is 29.1 Å². The van der Waals surface area contributed by atoms with Gasteiger partial charge in [0.05, 0.1) is 0 Å². The number of pyridine rings is 2. The molecule has 5 heteroatoms. The van der Waals surface area contributed by atoms with Crippen LogP contribution < -0.4 is 5.32 Å². The molecule has 2 saturated heterocycles. The molecule has 2 aliphatic rings. The molecule has 1 N–H and O–H groups in total. The van der Waals surface area contributed by atoms with Crippen molar-refractivity contribution in [2.45, 2.75) is 37.3 Å². The molecule has 2 aliphatic heterocycles. The first-order chi connectivity index (χ1) is 10.2. The molecule has 3 nitrogen and oxygen atoms in total. The van der Waals surface area contributed by atoms with Crippen molar-refractivity contribution in [3.05, 3.63) is 48.1 Å². The Labute approximate surface area is 121 Å². The summed E-state index contributed by atoms with van der Waals surface area (Å²) >= 11 is 0. The van der Waals surface area contributed by atoms with Crippen molar-refractivity contribution in [2.24, 2.45) is 0 Å². The average molecular weight is 287 g/mol. The minimum atomic E-state index is -0.569. The monoisotopic (exact) mass is 287 g/mol. The average Bonchev–Trinajstić information content (AvgIpc) is 3.12. The van der Waals surface area contributed by atoms with Crippen LogP contribution in [0.3, 0.4) is 0 Å². The number of hydrogen-bond acceptors (Lipinski definition) is 3. The predicted octanol–water partition coefficient (Wildman–Crippen LogP) is 3.03. The normalized spacial score (nSPS) is 27.2. The molecule has 0 aliphatic carbocycles. The number of fused-ring (bicyclic) bond motifs is 2. The van der Waals surface area contributed by atoms with Crippen molar-refractivity contribution in [1.29, 1.82) is 0 Å². The Kier molecular flexibility index (Phi) is 2.96. The third-order valence-electron chi connectivity index (χ3n) is 4.63. The summed E-state index contributed by atoms with van der Waals surface area (Å²) in [4.78, 5) is 7.48. The summed E-state index contributed by atoms with van der Waals surface area (Å²) in [5, 5.41) is 3.57. The Morgan fingerprint density at radius 3 is 2.67 bits per heavy atom. The van der Waals surface area contributed by atoms with Crippen LogP contribution in [0.5, 0.6) is 0 Å². The maximum Gasteiger partial charge on any atom is 0.220 e. The second kappa shape index (κ2) is 4.84. The van der Waals surface area contributed by atoms with Gasteiger partial charge in [-0.05, 0) is 43.0 Å². The largest absolute Gasteiger partial charge is 0.311 e. The molecule has 3 atom stereocenters. The summed E-state index contributed by atoms with van der Waals surface area (Å²) in [6, 6.07) is 5.67. The van der Waals surface area contributed by atoms with Gasteiger partial charge in [0.25, 0.3) is 0 Å². The molecule has 2 aromatic heterocycles. The molecule has 0 saturated carbocycles. The smallest absolute Gasteiger partial charge is 0.220 e. The number of aromatic nitrogens is 2.